The minimum atomic E-state index is -4.28. The first-order valence-corrected chi connectivity index (χ1v) is 10.8. The predicted octanol–water partition coefficient (Wildman–Crippen LogP) is 3.72. The molecule has 0 fully saturated rings. The van der Waals surface area contributed by atoms with Gasteiger partial charge in [-0.2, -0.15) is 13.9 Å². The van der Waals surface area contributed by atoms with Gasteiger partial charge in [-0.1, -0.05) is 43.6 Å². The topological polar surface area (TPSA) is 107 Å². The summed E-state index contributed by atoms with van der Waals surface area (Å²) in [7, 11) is -4.28. The molecule has 2 aromatic carbocycles. The molecule has 11 heteroatoms. The fraction of sp³-hybridized carbons (Fsp3) is 0.263. The Bertz CT molecular complexity index is 1230. The van der Waals surface area contributed by atoms with Gasteiger partial charge in [-0.15, -0.1) is 0 Å². The van der Waals surface area contributed by atoms with Crippen molar-refractivity contribution >= 4 is 44.1 Å². The van der Waals surface area contributed by atoms with Gasteiger partial charge in [0.1, 0.15) is 0 Å². The van der Waals surface area contributed by atoms with Crippen LogP contribution in [0, 0.1) is 5.92 Å². The molecule has 0 aliphatic heterocycles. The third kappa shape index (κ3) is 4.45. The summed E-state index contributed by atoms with van der Waals surface area (Å²) in [6.07, 6.45) is 0.868. The molecule has 3 N–H and O–H groups in total. The maximum atomic E-state index is 14.4. The zero-order chi connectivity index (χ0) is 22.3. The van der Waals surface area contributed by atoms with E-state index in [2.05, 4.69) is 10.4 Å². The summed E-state index contributed by atoms with van der Waals surface area (Å²) < 4.78 is 53.2. The lowest BCUT2D eigenvalue weighted by Crippen LogP contribution is -2.29. The van der Waals surface area contributed by atoms with Crippen LogP contribution >= 0.6 is 11.6 Å². The molecule has 160 valence electrons. The molecular weight excluding hydrogens is 438 g/mol. The molecule has 30 heavy (non-hydrogen) atoms. The number of rotatable bonds is 6. The SMILES string of the molecule is CC(C)C(F)(F)n1cc2c(S(N)(=O)=O)cc(NC(=O)Cc3ccccc3Cl)cc2n1. The highest BCUT2D eigenvalue weighted by molar-refractivity contribution is 7.89. The smallest absolute Gasteiger partial charge is 0.326 e. The van der Waals surface area contributed by atoms with Crippen molar-refractivity contribution in [3.05, 3.63) is 53.2 Å². The van der Waals surface area contributed by atoms with Crippen molar-refractivity contribution in [2.24, 2.45) is 11.1 Å². The summed E-state index contributed by atoms with van der Waals surface area (Å²) >= 11 is 6.05. The van der Waals surface area contributed by atoms with Crippen LogP contribution in [0.25, 0.3) is 10.9 Å². The number of anilines is 1. The second kappa shape index (κ2) is 7.93. The number of sulfonamides is 1. The van der Waals surface area contributed by atoms with Crippen LogP contribution in [0.5, 0.6) is 0 Å². The zero-order valence-electron chi connectivity index (χ0n) is 16.1. The summed E-state index contributed by atoms with van der Waals surface area (Å²) in [4.78, 5) is 12.0. The largest absolute Gasteiger partial charge is 0.345 e. The van der Waals surface area contributed by atoms with E-state index in [1.54, 1.807) is 24.3 Å². The minimum Gasteiger partial charge on any atom is -0.326 e. The van der Waals surface area contributed by atoms with Gasteiger partial charge in [0.05, 0.1) is 16.8 Å². The highest BCUT2D eigenvalue weighted by Gasteiger charge is 2.37. The van der Waals surface area contributed by atoms with Gasteiger partial charge >= 0.3 is 6.05 Å². The van der Waals surface area contributed by atoms with Gasteiger partial charge in [0.15, 0.2) is 0 Å². The van der Waals surface area contributed by atoms with Crippen LogP contribution in [0.2, 0.25) is 5.02 Å². The van der Waals surface area contributed by atoms with Gasteiger partial charge in [0.25, 0.3) is 0 Å². The molecular formula is C19H19ClF2N4O3S. The average molecular weight is 457 g/mol. The lowest BCUT2D eigenvalue weighted by molar-refractivity contribution is -0.132. The molecule has 7 nitrogen and oxygen atoms in total. The molecule has 0 saturated heterocycles. The third-order valence-corrected chi connectivity index (χ3v) is 5.81. The molecule has 0 atom stereocenters. The minimum absolute atomic E-state index is 0.0464. The maximum absolute atomic E-state index is 14.4. The van der Waals surface area contributed by atoms with Crippen LogP contribution in [-0.4, -0.2) is 24.1 Å². The lowest BCUT2D eigenvalue weighted by Gasteiger charge is -2.20. The number of halogens is 3. The molecule has 0 bridgehead atoms. The number of nitrogens with two attached hydrogens (primary N) is 1. The Hall–Kier alpha value is -2.56. The summed E-state index contributed by atoms with van der Waals surface area (Å²) in [5, 5.41) is 12.0. The summed E-state index contributed by atoms with van der Waals surface area (Å²) in [5.74, 6) is -1.56. The number of nitrogens with one attached hydrogen (secondary N) is 1. The number of hydrogen-bond donors (Lipinski definition) is 2. The van der Waals surface area contributed by atoms with E-state index < -0.39 is 32.8 Å². The van der Waals surface area contributed by atoms with Crippen molar-refractivity contribution in [2.45, 2.75) is 31.2 Å². The van der Waals surface area contributed by atoms with E-state index in [4.69, 9.17) is 16.7 Å². The number of nitrogens with zero attached hydrogens (tertiary/aromatic N) is 2. The Morgan fingerprint density at radius 2 is 1.97 bits per heavy atom. The number of hydrogen-bond acceptors (Lipinski definition) is 4. The van der Waals surface area contributed by atoms with Crippen molar-refractivity contribution in [3.8, 4) is 0 Å². The van der Waals surface area contributed by atoms with E-state index in [1.807, 2.05) is 0 Å². The number of benzene rings is 2. The molecule has 0 aliphatic rings. The molecule has 1 heterocycles. The third-order valence-electron chi connectivity index (χ3n) is 4.49. The van der Waals surface area contributed by atoms with Crippen molar-refractivity contribution in [1.29, 1.82) is 0 Å². The normalized spacial score (nSPS) is 12.5. The molecule has 0 radical (unpaired) electrons. The van der Waals surface area contributed by atoms with Crippen LogP contribution in [-0.2, 0) is 27.3 Å². The molecule has 0 spiro atoms. The summed E-state index contributed by atoms with van der Waals surface area (Å²) in [5.41, 5.74) is 0.585. The van der Waals surface area contributed by atoms with Crippen molar-refractivity contribution in [2.75, 3.05) is 5.32 Å². The van der Waals surface area contributed by atoms with E-state index in [-0.39, 0.29) is 23.0 Å². The number of aromatic nitrogens is 2. The fourth-order valence-corrected chi connectivity index (χ4v) is 3.79. The lowest BCUT2D eigenvalue weighted by atomic mass is 10.1. The number of carbonyl (C=O) groups is 1. The van der Waals surface area contributed by atoms with E-state index in [0.29, 0.717) is 15.3 Å². The Kier molecular flexibility index (Phi) is 5.85. The first-order valence-electron chi connectivity index (χ1n) is 8.87. The van der Waals surface area contributed by atoms with E-state index >= 15 is 0 Å². The number of carbonyl (C=O) groups excluding carboxylic acids is 1. The van der Waals surface area contributed by atoms with E-state index in [0.717, 1.165) is 12.3 Å². The fourth-order valence-electron chi connectivity index (χ4n) is 2.84. The van der Waals surface area contributed by atoms with Crippen LogP contribution in [0.4, 0.5) is 14.5 Å². The van der Waals surface area contributed by atoms with Crippen molar-refractivity contribution in [1.82, 2.24) is 9.78 Å². The Morgan fingerprint density at radius 3 is 2.57 bits per heavy atom. The van der Waals surface area contributed by atoms with Gasteiger partial charge in [0, 0.05) is 28.2 Å². The van der Waals surface area contributed by atoms with Crippen LogP contribution in [0.3, 0.4) is 0 Å². The standard InChI is InChI=1S/C19H19ClF2N4O3S/c1-11(2)19(21,22)26-10-14-16(25-26)8-13(9-17(14)30(23,28)29)24-18(27)7-12-5-3-4-6-15(12)20/h3-6,8-11H,7H2,1-2H3,(H,24,27)(H2,23,28,29). The Morgan fingerprint density at radius 1 is 1.30 bits per heavy atom. The molecule has 0 aliphatic carbocycles. The molecule has 3 rings (SSSR count). The monoisotopic (exact) mass is 456 g/mol. The molecule has 0 saturated carbocycles. The van der Waals surface area contributed by atoms with Gasteiger partial charge in [-0.25, -0.2) is 18.2 Å². The van der Waals surface area contributed by atoms with E-state index in [1.165, 1.54) is 19.9 Å². The first kappa shape index (κ1) is 22.1. The van der Waals surface area contributed by atoms with Crippen LogP contribution < -0.4 is 10.5 Å². The summed E-state index contributed by atoms with van der Waals surface area (Å²) in [6, 6.07) is 5.83. The molecule has 1 amide bonds. The van der Waals surface area contributed by atoms with Crippen LogP contribution in [0.15, 0.2) is 47.5 Å². The second-order valence-corrected chi connectivity index (χ2v) is 9.02. The number of primary sulfonamides is 1. The number of fused-ring (bicyclic) bond motifs is 1. The maximum Gasteiger partial charge on any atom is 0.345 e. The zero-order valence-corrected chi connectivity index (χ0v) is 17.6. The Balaban J connectivity index is 2.02. The highest BCUT2D eigenvalue weighted by atomic mass is 35.5. The average Bonchev–Trinajstić information content (AvgIpc) is 3.06. The molecule has 0 unspecified atom stereocenters. The van der Waals surface area contributed by atoms with Crippen LogP contribution in [0.1, 0.15) is 19.4 Å². The van der Waals surface area contributed by atoms with Gasteiger partial charge in [-0.05, 0) is 23.8 Å². The van der Waals surface area contributed by atoms with E-state index in [9.17, 15) is 22.0 Å². The summed E-state index contributed by atoms with van der Waals surface area (Å²) in [6.45, 7) is 2.63. The second-order valence-electron chi connectivity index (χ2n) is 7.08. The Labute approximate surface area is 176 Å². The number of alkyl halides is 2. The van der Waals surface area contributed by atoms with Gasteiger partial charge in [0.2, 0.25) is 15.9 Å². The van der Waals surface area contributed by atoms with Gasteiger partial charge in [-0.3, -0.25) is 4.79 Å². The van der Waals surface area contributed by atoms with Crippen molar-refractivity contribution < 1.29 is 22.0 Å². The van der Waals surface area contributed by atoms with Crippen molar-refractivity contribution in [3.63, 3.8) is 0 Å². The van der Waals surface area contributed by atoms with Gasteiger partial charge < -0.3 is 5.32 Å². The predicted molar refractivity (Wildman–Crippen MR) is 110 cm³/mol. The highest BCUT2D eigenvalue weighted by Crippen LogP contribution is 2.33. The molecule has 1 aromatic heterocycles. The first-order chi connectivity index (χ1) is 13.9. The number of amides is 1. The quantitative estimate of drug-likeness (QED) is 0.589. The molecule has 3 aromatic rings.